The van der Waals surface area contributed by atoms with Gasteiger partial charge in [0.2, 0.25) is 0 Å². The molecule has 0 aliphatic carbocycles. The van der Waals surface area contributed by atoms with Crippen LogP contribution in [0.25, 0.3) is 0 Å². The molecular weight excluding hydrogens is 252 g/mol. The van der Waals surface area contributed by atoms with Crippen LogP contribution in [0.4, 0.5) is 0 Å². The molecule has 1 aromatic rings. The fourth-order valence-electron chi connectivity index (χ4n) is 2.08. The largest absolute Gasteiger partial charge is 0.469 e. The summed E-state index contributed by atoms with van der Waals surface area (Å²) in [6.45, 7) is 5.46. The average Bonchev–Trinajstić information content (AvgIpc) is 2.24. The maximum Gasteiger partial charge on any atom is 0.306 e. The minimum atomic E-state index is -3.44. The molecule has 18 heavy (non-hydrogen) atoms. The van der Waals surface area contributed by atoms with E-state index in [0.717, 1.165) is 16.7 Å². The number of esters is 1. The molecule has 0 amide bonds. The highest BCUT2D eigenvalue weighted by molar-refractivity contribution is 7.91. The fraction of sp³-hybridized carbons (Fsp3) is 0.462. The van der Waals surface area contributed by atoms with Crippen molar-refractivity contribution in [3.8, 4) is 0 Å². The zero-order valence-electron chi connectivity index (χ0n) is 11.1. The molecule has 0 spiro atoms. The number of carbonyl (C=O) groups is 1. The van der Waals surface area contributed by atoms with Crippen LogP contribution in [0.1, 0.15) is 23.1 Å². The lowest BCUT2D eigenvalue weighted by atomic mass is 10.1. The Morgan fingerprint density at radius 2 is 1.67 bits per heavy atom. The lowest BCUT2D eigenvalue weighted by Gasteiger charge is -2.11. The van der Waals surface area contributed by atoms with Gasteiger partial charge in [0.15, 0.2) is 9.84 Å². The van der Waals surface area contributed by atoms with E-state index in [-0.39, 0.29) is 12.2 Å². The topological polar surface area (TPSA) is 60.4 Å². The Kier molecular flexibility index (Phi) is 4.51. The molecule has 1 aromatic carbocycles. The van der Waals surface area contributed by atoms with Crippen molar-refractivity contribution >= 4 is 15.8 Å². The Morgan fingerprint density at radius 1 is 1.17 bits per heavy atom. The van der Waals surface area contributed by atoms with Gasteiger partial charge >= 0.3 is 5.97 Å². The first kappa shape index (κ1) is 14.7. The van der Waals surface area contributed by atoms with E-state index in [4.69, 9.17) is 0 Å². The molecular formula is C13H18O4S. The molecule has 0 atom stereocenters. The van der Waals surface area contributed by atoms with Gasteiger partial charge < -0.3 is 4.74 Å². The molecule has 0 bridgehead atoms. The summed E-state index contributed by atoms with van der Waals surface area (Å²) in [6.07, 6.45) is -0.119. The Morgan fingerprint density at radius 3 is 2.11 bits per heavy atom. The van der Waals surface area contributed by atoms with Gasteiger partial charge in [-0.05, 0) is 31.9 Å². The quantitative estimate of drug-likeness (QED) is 0.785. The van der Waals surface area contributed by atoms with Gasteiger partial charge in [0.05, 0.1) is 24.2 Å². The first-order valence-corrected chi connectivity index (χ1v) is 7.30. The summed E-state index contributed by atoms with van der Waals surface area (Å²) in [4.78, 5) is 11.4. The third kappa shape index (κ3) is 3.32. The van der Waals surface area contributed by atoms with E-state index in [1.165, 1.54) is 7.11 Å². The molecule has 4 nitrogen and oxygen atoms in total. The summed E-state index contributed by atoms with van der Waals surface area (Å²) >= 11 is 0. The fourth-order valence-corrected chi connectivity index (χ4v) is 3.82. The Hall–Kier alpha value is -1.36. The molecule has 5 heteroatoms. The molecule has 0 fully saturated rings. The number of carbonyl (C=O) groups excluding carboxylic acids is 1. The molecule has 0 radical (unpaired) electrons. The number of aryl methyl sites for hydroxylation is 3. The van der Waals surface area contributed by atoms with Gasteiger partial charge in [0.25, 0.3) is 0 Å². The number of methoxy groups -OCH3 is 1. The maximum atomic E-state index is 12.2. The summed E-state index contributed by atoms with van der Waals surface area (Å²) in [5.74, 6) is -0.731. The van der Waals surface area contributed by atoms with Gasteiger partial charge in [-0.2, -0.15) is 0 Å². The molecule has 0 aliphatic rings. The zero-order valence-corrected chi connectivity index (χ0v) is 11.9. The van der Waals surface area contributed by atoms with E-state index in [1.807, 2.05) is 19.1 Å². The number of rotatable bonds is 4. The predicted octanol–water partition coefficient (Wildman–Crippen LogP) is 1.95. The minimum Gasteiger partial charge on any atom is -0.469 e. The second kappa shape index (κ2) is 5.52. The third-order valence-electron chi connectivity index (χ3n) is 2.72. The highest BCUT2D eigenvalue weighted by atomic mass is 32.2. The lowest BCUT2D eigenvalue weighted by molar-refractivity contribution is -0.140. The van der Waals surface area contributed by atoms with Crippen LogP contribution in [0.5, 0.6) is 0 Å². The standard InChI is InChI=1S/C13H18O4S/c1-9-7-10(2)13(11(3)8-9)18(15,16)6-5-12(14)17-4/h7-8H,5-6H2,1-4H3. The lowest BCUT2D eigenvalue weighted by Crippen LogP contribution is -2.14. The number of hydrogen-bond acceptors (Lipinski definition) is 4. The van der Waals surface area contributed by atoms with Crippen molar-refractivity contribution in [2.24, 2.45) is 0 Å². The summed E-state index contributed by atoms with van der Waals surface area (Å²) < 4.78 is 28.9. The van der Waals surface area contributed by atoms with Gasteiger partial charge in [0, 0.05) is 0 Å². The van der Waals surface area contributed by atoms with E-state index >= 15 is 0 Å². The summed E-state index contributed by atoms with van der Waals surface area (Å²) in [6, 6.07) is 3.66. The van der Waals surface area contributed by atoms with Crippen molar-refractivity contribution < 1.29 is 17.9 Å². The van der Waals surface area contributed by atoms with E-state index < -0.39 is 15.8 Å². The highest BCUT2D eigenvalue weighted by Crippen LogP contribution is 2.23. The predicted molar refractivity (Wildman–Crippen MR) is 69.3 cm³/mol. The Labute approximate surface area is 108 Å². The number of sulfone groups is 1. The molecule has 0 heterocycles. The molecule has 0 aromatic heterocycles. The Bertz CT molecular complexity index is 535. The number of hydrogen-bond donors (Lipinski definition) is 0. The first-order chi connectivity index (χ1) is 8.27. The SMILES string of the molecule is COC(=O)CCS(=O)(=O)c1c(C)cc(C)cc1C. The molecule has 0 N–H and O–H groups in total. The molecule has 0 saturated heterocycles. The van der Waals surface area contributed by atoms with Crippen LogP contribution in [0.2, 0.25) is 0 Å². The summed E-state index contributed by atoms with van der Waals surface area (Å²) in [5, 5.41) is 0. The number of ether oxygens (including phenoxy) is 1. The molecule has 0 aliphatic heterocycles. The van der Waals surface area contributed by atoms with Gasteiger partial charge in [-0.15, -0.1) is 0 Å². The smallest absolute Gasteiger partial charge is 0.306 e. The summed E-state index contributed by atoms with van der Waals surface area (Å²) in [7, 11) is -2.20. The highest BCUT2D eigenvalue weighted by Gasteiger charge is 2.21. The van der Waals surface area contributed by atoms with E-state index in [1.54, 1.807) is 13.8 Å². The van der Waals surface area contributed by atoms with Crippen molar-refractivity contribution in [3.05, 3.63) is 28.8 Å². The molecule has 0 unspecified atom stereocenters. The first-order valence-electron chi connectivity index (χ1n) is 5.65. The average molecular weight is 270 g/mol. The Balaban J connectivity index is 3.10. The van der Waals surface area contributed by atoms with Crippen molar-refractivity contribution in [2.45, 2.75) is 32.1 Å². The van der Waals surface area contributed by atoms with Crippen LogP contribution in [0.3, 0.4) is 0 Å². The molecule has 0 saturated carbocycles. The van der Waals surface area contributed by atoms with Crippen LogP contribution in [0.15, 0.2) is 17.0 Å². The third-order valence-corrected chi connectivity index (χ3v) is 4.73. The maximum absolute atomic E-state index is 12.2. The van der Waals surface area contributed by atoms with E-state index in [2.05, 4.69) is 4.74 Å². The van der Waals surface area contributed by atoms with Crippen molar-refractivity contribution in [1.29, 1.82) is 0 Å². The van der Waals surface area contributed by atoms with Crippen LogP contribution >= 0.6 is 0 Å². The van der Waals surface area contributed by atoms with Crippen LogP contribution in [-0.4, -0.2) is 27.2 Å². The van der Waals surface area contributed by atoms with Crippen LogP contribution < -0.4 is 0 Å². The minimum absolute atomic E-state index is 0.119. The van der Waals surface area contributed by atoms with E-state index in [0.29, 0.717) is 4.90 Å². The van der Waals surface area contributed by atoms with Crippen LogP contribution in [-0.2, 0) is 19.4 Å². The normalized spacial score (nSPS) is 11.3. The number of benzene rings is 1. The van der Waals surface area contributed by atoms with Gasteiger partial charge in [0.1, 0.15) is 0 Å². The van der Waals surface area contributed by atoms with Crippen molar-refractivity contribution in [1.82, 2.24) is 0 Å². The van der Waals surface area contributed by atoms with Crippen molar-refractivity contribution in [2.75, 3.05) is 12.9 Å². The van der Waals surface area contributed by atoms with Crippen molar-refractivity contribution in [3.63, 3.8) is 0 Å². The van der Waals surface area contributed by atoms with E-state index in [9.17, 15) is 13.2 Å². The molecule has 1 rings (SSSR count). The zero-order chi connectivity index (χ0) is 13.9. The second-order valence-corrected chi connectivity index (χ2v) is 6.42. The van der Waals surface area contributed by atoms with Gasteiger partial charge in [-0.25, -0.2) is 8.42 Å². The second-order valence-electron chi connectivity index (χ2n) is 4.37. The van der Waals surface area contributed by atoms with Gasteiger partial charge in [-0.1, -0.05) is 17.7 Å². The molecule has 100 valence electrons. The van der Waals surface area contributed by atoms with Crippen LogP contribution in [0, 0.1) is 20.8 Å². The monoisotopic (exact) mass is 270 g/mol. The van der Waals surface area contributed by atoms with Gasteiger partial charge in [-0.3, -0.25) is 4.79 Å². The summed E-state index contributed by atoms with van der Waals surface area (Å²) in [5.41, 5.74) is 2.46.